The summed E-state index contributed by atoms with van der Waals surface area (Å²) >= 11 is 0. The third kappa shape index (κ3) is 3.33. The van der Waals surface area contributed by atoms with E-state index in [9.17, 15) is 4.79 Å². The van der Waals surface area contributed by atoms with Crippen molar-refractivity contribution in [1.29, 1.82) is 0 Å². The molecule has 0 unspecified atom stereocenters. The van der Waals surface area contributed by atoms with E-state index in [1.165, 1.54) is 5.56 Å². The fraction of sp³-hybridized carbons (Fsp3) is 0.750. The van der Waals surface area contributed by atoms with Gasteiger partial charge in [0, 0.05) is 25.3 Å². The lowest BCUT2D eigenvalue weighted by molar-refractivity contribution is -0.141. The molecule has 1 aromatic heterocycles. The summed E-state index contributed by atoms with van der Waals surface area (Å²) in [5.41, 5.74) is 1.18. The summed E-state index contributed by atoms with van der Waals surface area (Å²) in [7, 11) is 0. The summed E-state index contributed by atoms with van der Waals surface area (Å²) in [6, 6.07) is 0.349. The summed E-state index contributed by atoms with van der Waals surface area (Å²) < 4.78 is 7.34. The van der Waals surface area contributed by atoms with Crippen LogP contribution in [0.5, 0.6) is 0 Å². The first-order chi connectivity index (χ1) is 10.6. The number of likely N-dealkylation sites (tertiary alicyclic amines) is 1. The molecule has 2 aliphatic heterocycles. The molecule has 0 spiro atoms. The molecular weight excluding hydrogens is 280 g/mol. The van der Waals surface area contributed by atoms with E-state index in [0.29, 0.717) is 19.3 Å². The van der Waals surface area contributed by atoms with E-state index >= 15 is 0 Å². The van der Waals surface area contributed by atoms with Crippen molar-refractivity contribution in [3.05, 3.63) is 18.0 Å². The Balaban J connectivity index is 1.62. The van der Waals surface area contributed by atoms with Gasteiger partial charge in [-0.1, -0.05) is 0 Å². The normalized spacial score (nSPS) is 24.6. The summed E-state index contributed by atoms with van der Waals surface area (Å²) in [5, 5.41) is 4.39. The fourth-order valence-electron chi connectivity index (χ4n) is 3.54. The van der Waals surface area contributed by atoms with Crippen LogP contribution in [0.15, 0.2) is 12.4 Å². The van der Waals surface area contributed by atoms with Gasteiger partial charge in [0.15, 0.2) is 0 Å². The molecule has 0 radical (unpaired) electrons. The highest BCUT2D eigenvalue weighted by Gasteiger charge is 2.34. The van der Waals surface area contributed by atoms with Crippen LogP contribution in [0.4, 0.5) is 0 Å². The van der Waals surface area contributed by atoms with Gasteiger partial charge in [0.2, 0.25) is 5.91 Å². The number of ether oxygens (including phenoxy) is 1. The Morgan fingerprint density at radius 2 is 2.18 bits per heavy atom. The maximum Gasteiger partial charge on any atom is 0.239 e. The zero-order valence-corrected chi connectivity index (χ0v) is 13.6. The Labute approximate surface area is 132 Å². The van der Waals surface area contributed by atoms with Crippen LogP contribution in [-0.4, -0.2) is 70.4 Å². The quantitative estimate of drug-likeness (QED) is 0.829. The van der Waals surface area contributed by atoms with Gasteiger partial charge < -0.3 is 9.64 Å². The Morgan fingerprint density at radius 1 is 1.41 bits per heavy atom. The van der Waals surface area contributed by atoms with Gasteiger partial charge in [-0.25, -0.2) is 0 Å². The largest absolute Gasteiger partial charge is 0.378 e. The molecule has 2 fully saturated rings. The minimum atomic E-state index is -0.0535. The molecular formula is C16H26N4O2. The number of carbonyl (C=O) groups is 1. The zero-order chi connectivity index (χ0) is 15.5. The monoisotopic (exact) mass is 306 g/mol. The van der Waals surface area contributed by atoms with Crippen LogP contribution < -0.4 is 0 Å². The summed E-state index contributed by atoms with van der Waals surface area (Å²) in [4.78, 5) is 17.0. The number of rotatable bonds is 4. The highest BCUT2D eigenvalue weighted by Crippen LogP contribution is 2.22. The number of amides is 1. The number of aromatic nitrogens is 2. The van der Waals surface area contributed by atoms with E-state index < -0.39 is 0 Å². The molecule has 0 aromatic carbocycles. The van der Waals surface area contributed by atoms with Crippen LogP contribution >= 0.6 is 0 Å². The number of aryl methyl sites for hydroxylation is 1. The van der Waals surface area contributed by atoms with Gasteiger partial charge >= 0.3 is 0 Å². The standard InChI is InChI=1S/C16H26N4O2/c1-13-10-17-19(11-13)12-15-4-3-5-20(15)14(2)16(21)18-6-8-22-9-7-18/h10-11,14-15H,3-9,12H2,1-2H3/t14-,15-/m1/s1. The Hall–Kier alpha value is -1.40. The lowest BCUT2D eigenvalue weighted by atomic mass is 10.1. The van der Waals surface area contributed by atoms with Gasteiger partial charge in [0.25, 0.3) is 0 Å². The molecule has 0 aliphatic carbocycles. The van der Waals surface area contributed by atoms with Crippen molar-refractivity contribution in [2.75, 3.05) is 32.8 Å². The summed E-state index contributed by atoms with van der Waals surface area (Å²) in [5.74, 6) is 0.242. The maximum atomic E-state index is 12.7. The van der Waals surface area contributed by atoms with Crippen molar-refractivity contribution in [2.24, 2.45) is 0 Å². The summed E-state index contributed by atoms with van der Waals surface area (Å²) in [6.45, 7) is 8.74. The van der Waals surface area contributed by atoms with Crippen LogP contribution in [0.3, 0.4) is 0 Å². The number of hydrogen-bond acceptors (Lipinski definition) is 4. The number of carbonyl (C=O) groups excluding carboxylic acids is 1. The molecule has 1 aromatic rings. The van der Waals surface area contributed by atoms with E-state index in [0.717, 1.165) is 39.0 Å². The molecule has 6 nitrogen and oxygen atoms in total. The zero-order valence-electron chi connectivity index (χ0n) is 13.6. The van der Waals surface area contributed by atoms with Crippen molar-refractivity contribution < 1.29 is 9.53 Å². The Bertz CT molecular complexity index is 510. The minimum absolute atomic E-state index is 0.0535. The van der Waals surface area contributed by atoms with Crippen molar-refractivity contribution in [3.8, 4) is 0 Å². The van der Waals surface area contributed by atoms with Crippen molar-refractivity contribution in [3.63, 3.8) is 0 Å². The smallest absolute Gasteiger partial charge is 0.239 e. The molecule has 122 valence electrons. The molecule has 0 saturated carbocycles. The maximum absolute atomic E-state index is 12.7. The molecule has 2 saturated heterocycles. The van der Waals surface area contributed by atoms with Gasteiger partial charge in [-0.05, 0) is 38.8 Å². The van der Waals surface area contributed by atoms with Crippen LogP contribution in [-0.2, 0) is 16.1 Å². The number of morpholine rings is 1. The second-order valence-corrected chi connectivity index (χ2v) is 6.39. The highest BCUT2D eigenvalue weighted by atomic mass is 16.5. The van der Waals surface area contributed by atoms with Crippen molar-refractivity contribution in [1.82, 2.24) is 19.6 Å². The molecule has 3 heterocycles. The van der Waals surface area contributed by atoms with E-state index in [2.05, 4.69) is 23.1 Å². The lowest BCUT2D eigenvalue weighted by Gasteiger charge is -2.35. The third-order valence-corrected chi connectivity index (χ3v) is 4.76. The van der Waals surface area contributed by atoms with E-state index in [4.69, 9.17) is 4.74 Å². The van der Waals surface area contributed by atoms with Crippen LogP contribution in [0.2, 0.25) is 0 Å². The minimum Gasteiger partial charge on any atom is -0.378 e. The van der Waals surface area contributed by atoms with Gasteiger partial charge in [-0.3, -0.25) is 14.4 Å². The lowest BCUT2D eigenvalue weighted by Crippen LogP contribution is -2.52. The molecule has 0 N–H and O–H groups in total. The Morgan fingerprint density at radius 3 is 2.86 bits per heavy atom. The third-order valence-electron chi connectivity index (χ3n) is 4.76. The second kappa shape index (κ2) is 6.79. The fourth-order valence-corrected chi connectivity index (χ4v) is 3.54. The summed E-state index contributed by atoms with van der Waals surface area (Å²) in [6.07, 6.45) is 6.26. The van der Waals surface area contributed by atoms with E-state index in [1.807, 2.05) is 22.7 Å². The highest BCUT2D eigenvalue weighted by molar-refractivity contribution is 5.81. The molecule has 2 aliphatic rings. The predicted molar refractivity (Wildman–Crippen MR) is 83.6 cm³/mol. The van der Waals surface area contributed by atoms with Crippen LogP contribution in [0.25, 0.3) is 0 Å². The molecule has 2 atom stereocenters. The molecule has 3 rings (SSSR count). The van der Waals surface area contributed by atoms with Gasteiger partial charge in [0.1, 0.15) is 0 Å². The average molecular weight is 306 g/mol. The Kier molecular flexibility index (Phi) is 4.78. The van der Waals surface area contributed by atoms with Gasteiger partial charge in [-0.15, -0.1) is 0 Å². The van der Waals surface area contributed by atoms with E-state index in [1.54, 1.807) is 0 Å². The first kappa shape index (κ1) is 15.5. The topological polar surface area (TPSA) is 50.6 Å². The van der Waals surface area contributed by atoms with Gasteiger partial charge in [0.05, 0.1) is 32.0 Å². The van der Waals surface area contributed by atoms with E-state index in [-0.39, 0.29) is 11.9 Å². The SMILES string of the molecule is Cc1cnn(C[C@H]2CCCN2[C@H](C)C(=O)N2CCOCC2)c1. The second-order valence-electron chi connectivity index (χ2n) is 6.39. The molecule has 0 bridgehead atoms. The van der Waals surface area contributed by atoms with Crippen molar-refractivity contribution in [2.45, 2.75) is 45.3 Å². The molecule has 6 heteroatoms. The van der Waals surface area contributed by atoms with Crippen LogP contribution in [0.1, 0.15) is 25.3 Å². The van der Waals surface area contributed by atoms with Gasteiger partial charge in [-0.2, -0.15) is 5.10 Å². The van der Waals surface area contributed by atoms with Crippen molar-refractivity contribution >= 4 is 5.91 Å². The average Bonchev–Trinajstić information content (AvgIpc) is 3.16. The number of nitrogens with zero attached hydrogens (tertiary/aromatic N) is 4. The molecule has 1 amide bonds. The van der Waals surface area contributed by atoms with Crippen LogP contribution in [0, 0.1) is 6.92 Å². The number of hydrogen-bond donors (Lipinski definition) is 0. The molecule has 22 heavy (non-hydrogen) atoms. The predicted octanol–water partition coefficient (Wildman–Crippen LogP) is 0.903. The first-order valence-corrected chi connectivity index (χ1v) is 8.26. The first-order valence-electron chi connectivity index (χ1n) is 8.26.